The lowest BCUT2D eigenvalue weighted by Crippen LogP contribution is -2.85. The molecule has 0 bridgehead atoms. The molecule has 0 saturated carbocycles. The summed E-state index contributed by atoms with van der Waals surface area (Å²) in [7, 11) is -3.52. The average molecular weight is 356 g/mol. The van der Waals surface area contributed by atoms with E-state index in [1.807, 2.05) is 5.54 Å². The van der Waals surface area contributed by atoms with Crippen molar-refractivity contribution >= 4 is 29.4 Å². The maximum Gasteiger partial charge on any atom is 0.0493 e. The molecule has 123 valence electrons. The molecule has 0 aromatic rings. The van der Waals surface area contributed by atoms with Gasteiger partial charge in [0.2, 0.25) is 0 Å². The molecule has 21 heavy (non-hydrogen) atoms. The maximum atomic E-state index is 2.71. The lowest BCUT2D eigenvalue weighted by atomic mass is 9.91. The summed E-state index contributed by atoms with van der Waals surface area (Å²) >= 11 is 0. The Morgan fingerprint density at radius 2 is 1.14 bits per heavy atom. The summed E-state index contributed by atoms with van der Waals surface area (Å²) in [5.41, 5.74) is 3.67. The van der Waals surface area contributed by atoms with Crippen LogP contribution in [0.4, 0.5) is 0 Å². The fraction of sp³-hybridized carbons (Fsp3) is 0.824. The van der Waals surface area contributed by atoms with E-state index >= 15 is 0 Å². The van der Waals surface area contributed by atoms with Crippen LogP contribution in [0.15, 0.2) is 11.6 Å². The highest BCUT2D eigenvalue weighted by Crippen LogP contribution is 2.48. The largest absolute Gasteiger partial charge is 0.0823 e. The van der Waals surface area contributed by atoms with Crippen LogP contribution < -0.4 is 0 Å². The predicted octanol–water partition coefficient (Wildman–Crippen LogP) is 6.17. The number of rotatable bonds is 4. The molecule has 0 aliphatic heterocycles. The average Bonchev–Trinajstić information content (AvgIpc) is 2.07. The second-order valence-corrected chi connectivity index (χ2v) is 50.9. The highest BCUT2D eigenvalue weighted by molar-refractivity contribution is 7.91. The van der Waals surface area contributed by atoms with Crippen LogP contribution in [0.3, 0.4) is 0 Å². The third kappa shape index (κ3) is 3.43. The van der Waals surface area contributed by atoms with E-state index in [4.69, 9.17) is 0 Å². The topological polar surface area (TPSA) is 0 Å². The van der Waals surface area contributed by atoms with Crippen LogP contribution in [0, 0.1) is 11.5 Å². The molecule has 1 atom stereocenters. The third-order valence-corrected chi connectivity index (χ3v) is 77.2. The molecule has 0 spiro atoms. The van der Waals surface area contributed by atoms with Crippen molar-refractivity contribution in [3.63, 3.8) is 0 Å². The Kier molecular flexibility index (Phi) is 5.53. The minimum atomic E-state index is -1.33. The first-order valence-corrected chi connectivity index (χ1v) is 24.2. The van der Waals surface area contributed by atoms with E-state index in [-0.39, 0.29) is 0 Å². The first kappa shape index (κ1) is 19.7. The monoisotopic (exact) mass is 355 g/mol. The van der Waals surface area contributed by atoms with Crippen LogP contribution >= 0.6 is 0 Å². The summed E-state index contributed by atoms with van der Waals surface area (Å²) in [5, 5.41) is 0. The van der Waals surface area contributed by atoms with Gasteiger partial charge in [-0.05, 0) is 31.2 Å². The highest BCUT2D eigenvalue weighted by atomic mass is 29.9. The van der Waals surface area contributed by atoms with Gasteiger partial charge in [-0.3, -0.25) is 0 Å². The van der Waals surface area contributed by atoms with Gasteiger partial charge in [-0.1, -0.05) is 77.5 Å². The van der Waals surface area contributed by atoms with Crippen LogP contribution in [-0.2, 0) is 0 Å². The van der Waals surface area contributed by atoms with E-state index in [0.29, 0.717) is 0 Å². The predicted molar refractivity (Wildman–Crippen MR) is 111 cm³/mol. The fourth-order valence-electron chi connectivity index (χ4n) is 6.49. The molecule has 0 aromatic heterocycles. The highest BCUT2D eigenvalue weighted by Gasteiger charge is 2.64. The van der Waals surface area contributed by atoms with Gasteiger partial charge in [-0.25, -0.2) is 0 Å². The van der Waals surface area contributed by atoms with Crippen LogP contribution in [0.5, 0.6) is 0 Å². The Morgan fingerprint density at radius 3 is 1.43 bits per heavy atom. The Labute approximate surface area is 138 Å². The van der Waals surface area contributed by atoms with Gasteiger partial charge in [0, 0.05) is 29.4 Å². The second-order valence-electron chi connectivity index (χ2n) is 10.5. The molecule has 1 rings (SSSR count). The molecule has 0 saturated heterocycles. The first-order chi connectivity index (χ1) is 9.14. The summed E-state index contributed by atoms with van der Waals surface area (Å²) in [5.74, 6) is 0.876. The normalized spacial score (nSPS) is 23.2. The molecule has 0 aromatic carbocycles. The Morgan fingerprint density at radius 1 is 0.762 bits per heavy atom. The van der Waals surface area contributed by atoms with Crippen molar-refractivity contribution in [1.82, 2.24) is 0 Å². The van der Waals surface area contributed by atoms with E-state index in [1.165, 1.54) is 12.8 Å². The van der Waals surface area contributed by atoms with E-state index < -0.39 is 29.4 Å². The van der Waals surface area contributed by atoms with Gasteiger partial charge in [0.15, 0.2) is 0 Å². The molecular formula is C17H39Si4. The van der Waals surface area contributed by atoms with Crippen LogP contribution in [0.25, 0.3) is 0 Å². The van der Waals surface area contributed by atoms with Crippen molar-refractivity contribution in [2.24, 2.45) is 5.92 Å². The van der Waals surface area contributed by atoms with Crippen molar-refractivity contribution < 1.29 is 0 Å². The van der Waals surface area contributed by atoms with Crippen LogP contribution in [-0.4, -0.2) is 29.4 Å². The number of allylic oxidation sites excluding steroid dienone is 2. The summed E-state index contributed by atoms with van der Waals surface area (Å²) < 4.78 is 0. The Balaban J connectivity index is 3.63. The van der Waals surface area contributed by atoms with E-state index in [0.717, 1.165) is 5.92 Å². The lowest BCUT2D eigenvalue weighted by Gasteiger charge is -2.61. The zero-order valence-electron chi connectivity index (χ0n) is 16.6. The molecule has 0 N–H and O–H groups in total. The zero-order chi connectivity index (χ0) is 16.9. The van der Waals surface area contributed by atoms with Crippen molar-refractivity contribution in [2.75, 3.05) is 0 Å². The third-order valence-electron chi connectivity index (χ3n) is 5.52. The van der Waals surface area contributed by atoms with E-state index in [2.05, 4.69) is 78.8 Å². The quantitative estimate of drug-likeness (QED) is 0.528. The standard InChI is InChI=1S/C17H39Si4/c1-15-12-16(2)14-17(13-15)21(18(3,4)5,19(6,7)8)20(9,10)11/h13,16H,12,14H2,1-11H3. The minimum absolute atomic E-state index is 0.876. The smallest absolute Gasteiger partial charge is 0.0493 e. The van der Waals surface area contributed by atoms with Gasteiger partial charge < -0.3 is 0 Å². The van der Waals surface area contributed by atoms with E-state index in [9.17, 15) is 0 Å². The van der Waals surface area contributed by atoms with Gasteiger partial charge in [-0.15, -0.1) is 0 Å². The second kappa shape index (κ2) is 5.91. The van der Waals surface area contributed by atoms with E-state index in [1.54, 1.807) is 5.57 Å². The van der Waals surface area contributed by atoms with Gasteiger partial charge >= 0.3 is 0 Å². The van der Waals surface area contributed by atoms with Crippen molar-refractivity contribution in [2.45, 2.75) is 85.6 Å². The molecule has 1 unspecified atom stereocenters. The molecule has 0 amide bonds. The van der Waals surface area contributed by atoms with Crippen molar-refractivity contribution in [3.8, 4) is 0 Å². The Hall–Kier alpha value is 0.608. The molecule has 0 fully saturated rings. The minimum Gasteiger partial charge on any atom is -0.0823 e. The molecule has 1 radical (unpaired) electrons. The van der Waals surface area contributed by atoms with Gasteiger partial charge in [0.25, 0.3) is 0 Å². The summed E-state index contributed by atoms with van der Waals surface area (Å²) in [4.78, 5) is 0. The molecule has 1 aliphatic rings. The molecule has 0 nitrogen and oxygen atoms in total. The summed E-state index contributed by atoms with van der Waals surface area (Å²) in [6, 6.07) is 0. The molecular weight excluding hydrogens is 317 g/mol. The number of hydrogen-bond donors (Lipinski definition) is 0. The first-order valence-electron chi connectivity index (χ1n) is 8.68. The summed E-state index contributed by atoms with van der Waals surface area (Å²) in [6.07, 6.45) is 5.46. The molecule has 1 aliphatic carbocycles. The number of hydrogen-bond acceptors (Lipinski definition) is 0. The van der Waals surface area contributed by atoms with Crippen molar-refractivity contribution in [1.29, 1.82) is 0 Å². The molecule has 4 heteroatoms. The Bertz CT molecular complexity index is 368. The van der Waals surface area contributed by atoms with Crippen molar-refractivity contribution in [3.05, 3.63) is 17.2 Å². The maximum absolute atomic E-state index is 2.71. The molecule has 0 heterocycles. The fourth-order valence-corrected chi connectivity index (χ4v) is 108. The zero-order valence-corrected chi connectivity index (χ0v) is 20.6. The SMILES string of the molecule is CC1=C[C]([Si]([Si](C)(C)C)([Si](C)(C)C)[Si](C)(C)C)CC(C)C1. The van der Waals surface area contributed by atoms with Gasteiger partial charge in [-0.2, -0.15) is 0 Å². The van der Waals surface area contributed by atoms with Crippen LogP contribution in [0.2, 0.25) is 58.9 Å². The lowest BCUT2D eigenvalue weighted by molar-refractivity contribution is 0.546. The van der Waals surface area contributed by atoms with Gasteiger partial charge in [0.05, 0.1) is 0 Å². The van der Waals surface area contributed by atoms with Crippen LogP contribution in [0.1, 0.15) is 26.7 Å². The van der Waals surface area contributed by atoms with Gasteiger partial charge in [0.1, 0.15) is 0 Å². The summed E-state index contributed by atoms with van der Waals surface area (Å²) in [6.45, 7) is 28.0.